The van der Waals surface area contributed by atoms with E-state index in [1.165, 1.54) is 11.3 Å². The molecule has 1 aromatic carbocycles. The standard InChI is InChI=1S/C16H16N4O2S/c1-22-16-19-13-3-2-11(7-14(13)23-16)18-15(21)10-4-5-20-9-17-8-12(20)6-10/h2-3,7-10H,4-6H2,1H3,(H,18,21). The molecule has 23 heavy (non-hydrogen) atoms. The predicted molar refractivity (Wildman–Crippen MR) is 88.8 cm³/mol. The van der Waals surface area contributed by atoms with Crippen LogP contribution in [-0.4, -0.2) is 27.6 Å². The molecule has 118 valence electrons. The van der Waals surface area contributed by atoms with E-state index in [1.54, 1.807) is 7.11 Å². The first-order valence-corrected chi connectivity index (χ1v) is 8.29. The summed E-state index contributed by atoms with van der Waals surface area (Å²) in [6, 6.07) is 5.73. The Balaban J connectivity index is 1.50. The Bertz CT molecular complexity index is 870. The fourth-order valence-corrected chi connectivity index (χ4v) is 3.73. The zero-order valence-corrected chi connectivity index (χ0v) is 13.5. The van der Waals surface area contributed by atoms with E-state index < -0.39 is 0 Å². The molecule has 0 fully saturated rings. The van der Waals surface area contributed by atoms with Gasteiger partial charge < -0.3 is 14.6 Å². The molecule has 1 unspecified atom stereocenters. The van der Waals surface area contributed by atoms with Crippen LogP contribution in [0.3, 0.4) is 0 Å². The number of hydrogen-bond donors (Lipinski definition) is 1. The Morgan fingerprint density at radius 3 is 3.26 bits per heavy atom. The van der Waals surface area contributed by atoms with Crippen LogP contribution >= 0.6 is 11.3 Å². The van der Waals surface area contributed by atoms with Crippen molar-refractivity contribution >= 4 is 33.1 Å². The molecule has 0 bridgehead atoms. The van der Waals surface area contributed by atoms with Crippen molar-refractivity contribution in [2.45, 2.75) is 19.4 Å². The summed E-state index contributed by atoms with van der Waals surface area (Å²) in [6.07, 6.45) is 5.25. The van der Waals surface area contributed by atoms with Crippen LogP contribution in [0.2, 0.25) is 0 Å². The van der Waals surface area contributed by atoms with Crippen molar-refractivity contribution in [3.05, 3.63) is 36.4 Å². The average molecular weight is 328 g/mol. The number of benzene rings is 1. The Morgan fingerprint density at radius 1 is 1.48 bits per heavy atom. The topological polar surface area (TPSA) is 69.0 Å². The van der Waals surface area contributed by atoms with Gasteiger partial charge in [-0.2, -0.15) is 0 Å². The molecule has 4 rings (SSSR count). The molecule has 1 aliphatic rings. The van der Waals surface area contributed by atoms with E-state index in [4.69, 9.17) is 4.74 Å². The molecule has 0 radical (unpaired) electrons. The molecule has 2 aromatic heterocycles. The molecule has 0 aliphatic carbocycles. The maximum atomic E-state index is 12.5. The summed E-state index contributed by atoms with van der Waals surface area (Å²) < 4.78 is 8.26. The van der Waals surface area contributed by atoms with E-state index in [0.29, 0.717) is 5.19 Å². The number of carbonyl (C=O) groups is 1. The zero-order valence-electron chi connectivity index (χ0n) is 12.7. The fraction of sp³-hybridized carbons (Fsp3) is 0.312. The summed E-state index contributed by atoms with van der Waals surface area (Å²) in [5, 5.41) is 3.65. The van der Waals surface area contributed by atoms with Gasteiger partial charge in [-0.15, -0.1) is 0 Å². The molecule has 0 spiro atoms. The van der Waals surface area contributed by atoms with Gasteiger partial charge in [0.15, 0.2) is 0 Å². The predicted octanol–water partition coefficient (Wildman–Crippen LogP) is 2.70. The second-order valence-corrected chi connectivity index (χ2v) is 6.62. The number of aryl methyl sites for hydroxylation is 1. The molecular weight excluding hydrogens is 312 g/mol. The summed E-state index contributed by atoms with van der Waals surface area (Å²) in [4.78, 5) is 21.0. The minimum atomic E-state index is -0.00843. The Morgan fingerprint density at radius 2 is 2.39 bits per heavy atom. The number of nitrogens with zero attached hydrogens (tertiary/aromatic N) is 3. The van der Waals surface area contributed by atoms with E-state index in [-0.39, 0.29) is 11.8 Å². The van der Waals surface area contributed by atoms with Crippen molar-refractivity contribution in [2.75, 3.05) is 12.4 Å². The summed E-state index contributed by atoms with van der Waals surface area (Å²) in [5.74, 6) is 0.0548. The third-order valence-electron chi connectivity index (χ3n) is 4.15. The number of anilines is 1. The second kappa shape index (κ2) is 5.66. The van der Waals surface area contributed by atoms with Crippen molar-refractivity contribution in [3.8, 4) is 5.19 Å². The molecule has 3 heterocycles. The van der Waals surface area contributed by atoms with Crippen LogP contribution in [0.25, 0.3) is 10.2 Å². The first-order chi connectivity index (χ1) is 11.2. The van der Waals surface area contributed by atoms with Gasteiger partial charge in [0, 0.05) is 36.5 Å². The third-order valence-corrected chi connectivity index (χ3v) is 5.13. The number of aromatic nitrogens is 3. The number of thiazole rings is 1. The maximum Gasteiger partial charge on any atom is 0.274 e. The highest BCUT2D eigenvalue weighted by atomic mass is 32.1. The van der Waals surface area contributed by atoms with Gasteiger partial charge in [0.05, 0.1) is 23.7 Å². The molecule has 7 heteroatoms. The highest BCUT2D eigenvalue weighted by Gasteiger charge is 2.24. The molecular formula is C16H16N4O2S. The first kappa shape index (κ1) is 14.2. The van der Waals surface area contributed by atoms with Crippen LogP contribution in [0, 0.1) is 5.92 Å². The van der Waals surface area contributed by atoms with E-state index in [0.717, 1.165) is 41.0 Å². The minimum Gasteiger partial charge on any atom is -0.473 e. The lowest BCUT2D eigenvalue weighted by molar-refractivity contribution is -0.120. The number of methoxy groups -OCH3 is 1. The van der Waals surface area contributed by atoms with E-state index in [2.05, 4.69) is 19.9 Å². The number of ether oxygens (including phenoxy) is 1. The third kappa shape index (κ3) is 2.68. The van der Waals surface area contributed by atoms with Crippen molar-refractivity contribution in [3.63, 3.8) is 0 Å². The van der Waals surface area contributed by atoms with Gasteiger partial charge in [-0.1, -0.05) is 11.3 Å². The number of hydrogen-bond acceptors (Lipinski definition) is 5. The van der Waals surface area contributed by atoms with E-state index in [1.807, 2.05) is 30.7 Å². The van der Waals surface area contributed by atoms with Gasteiger partial charge in [0.2, 0.25) is 5.91 Å². The van der Waals surface area contributed by atoms with Crippen molar-refractivity contribution in [1.82, 2.24) is 14.5 Å². The second-order valence-electron chi connectivity index (χ2n) is 5.62. The van der Waals surface area contributed by atoms with Crippen molar-refractivity contribution in [2.24, 2.45) is 5.92 Å². The van der Waals surface area contributed by atoms with Gasteiger partial charge >= 0.3 is 0 Å². The quantitative estimate of drug-likeness (QED) is 0.802. The lowest BCUT2D eigenvalue weighted by atomic mass is 9.95. The maximum absolute atomic E-state index is 12.5. The molecule has 1 amide bonds. The van der Waals surface area contributed by atoms with Gasteiger partial charge in [0.25, 0.3) is 5.19 Å². The van der Waals surface area contributed by atoms with Gasteiger partial charge in [-0.3, -0.25) is 4.79 Å². The zero-order chi connectivity index (χ0) is 15.8. The summed E-state index contributed by atoms with van der Waals surface area (Å²) in [6.45, 7) is 0.846. The van der Waals surface area contributed by atoms with Crippen LogP contribution < -0.4 is 10.1 Å². The molecule has 1 atom stereocenters. The van der Waals surface area contributed by atoms with Crippen molar-refractivity contribution in [1.29, 1.82) is 0 Å². The molecule has 0 saturated heterocycles. The largest absolute Gasteiger partial charge is 0.473 e. The average Bonchev–Trinajstić information content (AvgIpc) is 3.19. The SMILES string of the molecule is COc1nc2ccc(NC(=O)C3CCn4cncc4C3)cc2s1. The fourth-order valence-electron chi connectivity index (χ4n) is 2.91. The lowest BCUT2D eigenvalue weighted by Crippen LogP contribution is -2.29. The Kier molecular flexibility index (Phi) is 3.49. The molecule has 0 saturated carbocycles. The Hall–Kier alpha value is -2.41. The van der Waals surface area contributed by atoms with Gasteiger partial charge in [-0.25, -0.2) is 9.97 Å². The van der Waals surface area contributed by atoms with Crippen LogP contribution in [0.4, 0.5) is 5.69 Å². The number of imidazole rings is 1. The molecule has 3 aromatic rings. The smallest absolute Gasteiger partial charge is 0.274 e. The Labute approximate surface area is 137 Å². The monoisotopic (exact) mass is 328 g/mol. The number of rotatable bonds is 3. The highest BCUT2D eigenvalue weighted by molar-refractivity contribution is 7.20. The van der Waals surface area contributed by atoms with Crippen LogP contribution in [0.15, 0.2) is 30.7 Å². The number of amides is 1. The molecule has 1 aliphatic heterocycles. The molecule has 1 N–H and O–H groups in total. The van der Waals surface area contributed by atoms with E-state index in [9.17, 15) is 4.79 Å². The lowest BCUT2D eigenvalue weighted by Gasteiger charge is -2.22. The summed E-state index contributed by atoms with van der Waals surface area (Å²) in [7, 11) is 1.61. The summed E-state index contributed by atoms with van der Waals surface area (Å²) in [5.41, 5.74) is 2.80. The number of fused-ring (bicyclic) bond motifs is 2. The van der Waals surface area contributed by atoms with Gasteiger partial charge in [0.1, 0.15) is 0 Å². The highest BCUT2D eigenvalue weighted by Crippen LogP contribution is 2.30. The number of carbonyl (C=O) groups excluding carboxylic acids is 1. The minimum absolute atomic E-state index is 0.00843. The molecule has 6 nitrogen and oxygen atoms in total. The van der Waals surface area contributed by atoms with Crippen LogP contribution in [0.1, 0.15) is 12.1 Å². The summed E-state index contributed by atoms with van der Waals surface area (Å²) >= 11 is 1.47. The van der Waals surface area contributed by atoms with E-state index >= 15 is 0 Å². The van der Waals surface area contributed by atoms with Gasteiger partial charge in [-0.05, 0) is 24.6 Å². The first-order valence-electron chi connectivity index (χ1n) is 7.47. The number of nitrogens with one attached hydrogen (secondary N) is 1. The van der Waals surface area contributed by atoms with Crippen LogP contribution in [0.5, 0.6) is 5.19 Å². The van der Waals surface area contributed by atoms with Crippen LogP contribution in [-0.2, 0) is 17.8 Å². The van der Waals surface area contributed by atoms with Crippen molar-refractivity contribution < 1.29 is 9.53 Å². The normalized spacial score (nSPS) is 17.0.